The third-order valence-corrected chi connectivity index (χ3v) is 2.59. The van der Waals surface area contributed by atoms with Crippen molar-refractivity contribution in [1.82, 2.24) is 0 Å². The van der Waals surface area contributed by atoms with Gasteiger partial charge in [-0.1, -0.05) is 20.8 Å². The molecule has 0 spiro atoms. The summed E-state index contributed by atoms with van der Waals surface area (Å²) in [5.41, 5.74) is 3.06. The zero-order valence-electron chi connectivity index (χ0n) is 6.85. The standard InChI is InChI=1S/C9H14S/c1-4-8-5-10-6-9(8)7(2)3/h5-7H,4H2,1-3H3. The van der Waals surface area contributed by atoms with Crippen molar-refractivity contribution < 1.29 is 0 Å². The Morgan fingerprint density at radius 2 is 2.10 bits per heavy atom. The Bertz CT molecular complexity index is 198. The average Bonchev–Trinajstić information content (AvgIpc) is 2.33. The smallest absolute Gasteiger partial charge is 0.00558 e. The van der Waals surface area contributed by atoms with Gasteiger partial charge in [0.25, 0.3) is 0 Å². The fraction of sp³-hybridized carbons (Fsp3) is 0.556. The topological polar surface area (TPSA) is 0 Å². The molecule has 0 atom stereocenters. The van der Waals surface area contributed by atoms with Crippen LogP contribution in [0.1, 0.15) is 37.8 Å². The van der Waals surface area contributed by atoms with Gasteiger partial charge in [-0.05, 0) is 34.2 Å². The maximum atomic E-state index is 2.27. The van der Waals surface area contributed by atoms with Crippen molar-refractivity contribution in [3.05, 3.63) is 21.9 Å². The van der Waals surface area contributed by atoms with Gasteiger partial charge in [-0.15, -0.1) is 0 Å². The first-order valence-corrected chi connectivity index (χ1v) is 4.75. The van der Waals surface area contributed by atoms with Crippen LogP contribution in [0.3, 0.4) is 0 Å². The van der Waals surface area contributed by atoms with Crippen LogP contribution in [-0.4, -0.2) is 0 Å². The maximum absolute atomic E-state index is 2.27. The van der Waals surface area contributed by atoms with Gasteiger partial charge in [0.1, 0.15) is 0 Å². The minimum atomic E-state index is 0.696. The Labute approximate surface area is 66.9 Å². The Kier molecular flexibility index (Phi) is 2.50. The monoisotopic (exact) mass is 154 g/mol. The highest BCUT2D eigenvalue weighted by Gasteiger charge is 2.04. The number of hydrogen-bond acceptors (Lipinski definition) is 1. The molecule has 1 rings (SSSR count). The van der Waals surface area contributed by atoms with E-state index in [0.717, 1.165) is 0 Å². The molecule has 0 radical (unpaired) electrons. The summed E-state index contributed by atoms with van der Waals surface area (Å²) in [6.45, 7) is 6.72. The molecule has 1 heterocycles. The van der Waals surface area contributed by atoms with Gasteiger partial charge in [-0.2, -0.15) is 11.3 Å². The van der Waals surface area contributed by atoms with Crippen molar-refractivity contribution in [2.75, 3.05) is 0 Å². The Hall–Kier alpha value is -0.300. The number of hydrogen-bond donors (Lipinski definition) is 0. The maximum Gasteiger partial charge on any atom is -0.00558 e. The van der Waals surface area contributed by atoms with Crippen molar-refractivity contribution >= 4 is 11.3 Å². The molecule has 0 amide bonds. The van der Waals surface area contributed by atoms with Crippen molar-refractivity contribution in [3.8, 4) is 0 Å². The van der Waals surface area contributed by atoms with Crippen molar-refractivity contribution in [1.29, 1.82) is 0 Å². The quantitative estimate of drug-likeness (QED) is 0.612. The van der Waals surface area contributed by atoms with Gasteiger partial charge in [0.15, 0.2) is 0 Å². The Morgan fingerprint density at radius 3 is 2.50 bits per heavy atom. The van der Waals surface area contributed by atoms with E-state index in [-0.39, 0.29) is 0 Å². The number of thiophene rings is 1. The fourth-order valence-corrected chi connectivity index (χ4v) is 2.23. The van der Waals surface area contributed by atoms with E-state index in [0.29, 0.717) is 5.92 Å². The Balaban J connectivity index is 2.90. The molecular weight excluding hydrogens is 140 g/mol. The van der Waals surface area contributed by atoms with Gasteiger partial charge in [-0.25, -0.2) is 0 Å². The lowest BCUT2D eigenvalue weighted by Crippen LogP contribution is -1.88. The van der Waals surface area contributed by atoms with Gasteiger partial charge in [0.2, 0.25) is 0 Å². The van der Waals surface area contributed by atoms with Crippen molar-refractivity contribution in [2.24, 2.45) is 0 Å². The highest BCUT2D eigenvalue weighted by Crippen LogP contribution is 2.23. The van der Waals surface area contributed by atoms with Crippen LogP contribution in [0, 0.1) is 0 Å². The van der Waals surface area contributed by atoms with E-state index < -0.39 is 0 Å². The van der Waals surface area contributed by atoms with Crippen LogP contribution in [0.4, 0.5) is 0 Å². The minimum absolute atomic E-state index is 0.696. The SMILES string of the molecule is CCc1cscc1C(C)C. The fourth-order valence-electron chi connectivity index (χ4n) is 1.13. The summed E-state index contributed by atoms with van der Waals surface area (Å²) < 4.78 is 0. The minimum Gasteiger partial charge on any atom is -0.152 e. The molecule has 56 valence electrons. The van der Waals surface area contributed by atoms with E-state index >= 15 is 0 Å². The van der Waals surface area contributed by atoms with Crippen LogP contribution in [0.15, 0.2) is 10.8 Å². The van der Waals surface area contributed by atoms with Gasteiger partial charge < -0.3 is 0 Å². The zero-order chi connectivity index (χ0) is 7.56. The summed E-state index contributed by atoms with van der Waals surface area (Å²) in [7, 11) is 0. The molecule has 0 aromatic carbocycles. The van der Waals surface area contributed by atoms with Crippen LogP contribution in [0.2, 0.25) is 0 Å². The molecule has 0 aliphatic carbocycles. The van der Waals surface area contributed by atoms with Crippen molar-refractivity contribution in [2.45, 2.75) is 33.1 Å². The van der Waals surface area contributed by atoms with Gasteiger partial charge in [0.05, 0.1) is 0 Å². The van der Waals surface area contributed by atoms with E-state index in [4.69, 9.17) is 0 Å². The van der Waals surface area contributed by atoms with Crippen LogP contribution < -0.4 is 0 Å². The molecule has 1 heteroatoms. The van der Waals surface area contributed by atoms with E-state index in [2.05, 4.69) is 31.5 Å². The molecule has 0 unspecified atom stereocenters. The van der Waals surface area contributed by atoms with Gasteiger partial charge in [0, 0.05) is 0 Å². The third-order valence-electron chi connectivity index (χ3n) is 1.78. The molecule has 0 nitrogen and oxygen atoms in total. The normalized spacial score (nSPS) is 10.8. The first-order valence-electron chi connectivity index (χ1n) is 3.80. The van der Waals surface area contributed by atoms with Crippen molar-refractivity contribution in [3.63, 3.8) is 0 Å². The molecular formula is C9H14S. The van der Waals surface area contributed by atoms with Crippen LogP contribution in [0.25, 0.3) is 0 Å². The molecule has 0 saturated heterocycles. The summed E-state index contributed by atoms with van der Waals surface area (Å²) in [4.78, 5) is 0. The van der Waals surface area contributed by atoms with E-state index in [1.807, 2.05) is 11.3 Å². The molecule has 0 fully saturated rings. The molecule has 0 N–H and O–H groups in total. The first-order chi connectivity index (χ1) is 4.75. The lowest BCUT2D eigenvalue weighted by Gasteiger charge is -2.03. The molecule has 0 aliphatic rings. The van der Waals surface area contributed by atoms with Crippen LogP contribution >= 0.6 is 11.3 Å². The lowest BCUT2D eigenvalue weighted by atomic mass is 10.0. The largest absolute Gasteiger partial charge is 0.152 e. The summed E-state index contributed by atoms with van der Waals surface area (Å²) in [5.74, 6) is 0.696. The summed E-state index contributed by atoms with van der Waals surface area (Å²) in [5, 5.41) is 4.53. The molecule has 0 saturated carbocycles. The second-order valence-corrected chi connectivity index (χ2v) is 3.60. The second kappa shape index (κ2) is 3.20. The molecule has 1 aromatic rings. The number of rotatable bonds is 2. The highest BCUT2D eigenvalue weighted by atomic mass is 32.1. The Morgan fingerprint density at radius 1 is 1.40 bits per heavy atom. The van der Waals surface area contributed by atoms with Crippen LogP contribution in [-0.2, 0) is 6.42 Å². The summed E-state index contributed by atoms with van der Waals surface area (Å²) >= 11 is 1.82. The van der Waals surface area contributed by atoms with E-state index in [1.54, 1.807) is 0 Å². The highest BCUT2D eigenvalue weighted by molar-refractivity contribution is 7.08. The van der Waals surface area contributed by atoms with E-state index in [1.165, 1.54) is 17.5 Å². The summed E-state index contributed by atoms with van der Waals surface area (Å²) in [6.07, 6.45) is 1.18. The molecule has 0 bridgehead atoms. The van der Waals surface area contributed by atoms with E-state index in [9.17, 15) is 0 Å². The van der Waals surface area contributed by atoms with Gasteiger partial charge in [-0.3, -0.25) is 0 Å². The molecule has 0 aliphatic heterocycles. The predicted octanol–water partition coefficient (Wildman–Crippen LogP) is 3.43. The van der Waals surface area contributed by atoms with Gasteiger partial charge >= 0.3 is 0 Å². The molecule has 10 heavy (non-hydrogen) atoms. The zero-order valence-corrected chi connectivity index (χ0v) is 7.66. The first kappa shape index (κ1) is 7.80. The second-order valence-electron chi connectivity index (χ2n) is 2.86. The summed E-state index contributed by atoms with van der Waals surface area (Å²) in [6, 6.07) is 0. The number of aryl methyl sites for hydroxylation is 1. The average molecular weight is 154 g/mol. The van der Waals surface area contributed by atoms with Crippen LogP contribution in [0.5, 0.6) is 0 Å². The third kappa shape index (κ3) is 1.40. The predicted molar refractivity (Wildman–Crippen MR) is 47.8 cm³/mol. The molecule has 1 aromatic heterocycles. The lowest BCUT2D eigenvalue weighted by molar-refractivity contribution is 0.852.